The predicted octanol–water partition coefficient (Wildman–Crippen LogP) is 1.88. The summed E-state index contributed by atoms with van der Waals surface area (Å²) in [5.74, 6) is 1.66. The second-order valence-corrected chi connectivity index (χ2v) is 5.92. The molecule has 1 heterocycles. The van der Waals surface area contributed by atoms with E-state index in [9.17, 15) is 0 Å². The molecular formula is C11H23NOS. The Bertz CT molecular complexity index is 165. The van der Waals surface area contributed by atoms with E-state index in [1.54, 1.807) is 0 Å². The zero-order valence-electron chi connectivity index (χ0n) is 9.49. The molecule has 1 fully saturated rings. The maximum atomic E-state index is 9.06. The van der Waals surface area contributed by atoms with E-state index in [-0.39, 0.29) is 6.61 Å². The van der Waals surface area contributed by atoms with Gasteiger partial charge < -0.3 is 10.4 Å². The van der Waals surface area contributed by atoms with E-state index in [1.807, 2.05) is 0 Å². The van der Waals surface area contributed by atoms with Gasteiger partial charge in [0, 0.05) is 23.9 Å². The van der Waals surface area contributed by atoms with Crippen molar-refractivity contribution < 1.29 is 5.11 Å². The zero-order valence-corrected chi connectivity index (χ0v) is 10.3. The lowest BCUT2D eigenvalue weighted by Crippen LogP contribution is -2.46. The van der Waals surface area contributed by atoms with Crippen LogP contribution >= 0.6 is 11.8 Å². The first-order valence-electron chi connectivity index (χ1n) is 5.63. The molecule has 3 heteroatoms. The van der Waals surface area contributed by atoms with E-state index in [0.29, 0.717) is 18.0 Å². The van der Waals surface area contributed by atoms with Gasteiger partial charge in [-0.3, -0.25) is 0 Å². The third-order valence-electron chi connectivity index (χ3n) is 3.23. The number of aliphatic hydroxyl groups is 1. The first-order valence-corrected chi connectivity index (χ1v) is 6.68. The van der Waals surface area contributed by atoms with Gasteiger partial charge >= 0.3 is 0 Å². The van der Waals surface area contributed by atoms with Crippen molar-refractivity contribution in [1.29, 1.82) is 0 Å². The lowest BCUT2D eigenvalue weighted by atomic mass is 10.0. The number of aliphatic hydroxyl groups excluding tert-OH is 1. The van der Waals surface area contributed by atoms with E-state index >= 15 is 0 Å². The average Bonchev–Trinajstić information content (AvgIpc) is 2.20. The number of rotatable bonds is 4. The molecule has 14 heavy (non-hydrogen) atoms. The minimum absolute atomic E-state index is 0.280. The summed E-state index contributed by atoms with van der Waals surface area (Å²) < 4.78 is 0. The molecule has 0 bridgehead atoms. The fourth-order valence-electron chi connectivity index (χ4n) is 1.80. The van der Waals surface area contributed by atoms with Crippen molar-refractivity contribution in [1.82, 2.24) is 5.32 Å². The summed E-state index contributed by atoms with van der Waals surface area (Å²) in [5, 5.41) is 13.4. The van der Waals surface area contributed by atoms with Crippen molar-refractivity contribution >= 4 is 11.8 Å². The minimum atomic E-state index is 0.280. The quantitative estimate of drug-likeness (QED) is 0.754. The number of thioether (sulfide) groups is 1. The number of nitrogens with one attached hydrogen (secondary N) is 1. The molecular weight excluding hydrogens is 194 g/mol. The van der Waals surface area contributed by atoms with Gasteiger partial charge in [-0.05, 0) is 31.4 Å². The smallest absolute Gasteiger partial charge is 0.0471 e. The minimum Gasteiger partial charge on any atom is -0.396 e. The van der Waals surface area contributed by atoms with Crippen molar-refractivity contribution in [2.45, 2.75) is 50.9 Å². The van der Waals surface area contributed by atoms with Crippen LogP contribution in [0.3, 0.4) is 0 Å². The Hall–Kier alpha value is 0.270. The van der Waals surface area contributed by atoms with Gasteiger partial charge in [0.25, 0.3) is 0 Å². The van der Waals surface area contributed by atoms with Gasteiger partial charge in [-0.15, -0.1) is 0 Å². The third kappa shape index (κ3) is 3.44. The Balaban J connectivity index is 2.34. The lowest BCUT2D eigenvalue weighted by molar-refractivity contribution is 0.199. The lowest BCUT2D eigenvalue weighted by Gasteiger charge is -2.33. The molecule has 0 spiro atoms. The summed E-state index contributed by atoms with van der Waals surface area (Å²) >= 11 is 2.06. The van der Waals surface area contributed by atoms with Crippen LogP contribution in [0.4, 0.5) is 0 Å². The van der Waals surface area contributed by atoms with E-state index in [4.69, 9.17) is 5.11 Å². The van der Waals surface area contributed by atoms with Gasteiger partial charge in [0.05, 0.1) is 0 Å². The van der Waals surface area contributed by atoms with Crippen LogP contribution in [0.1, 0.15) is 33.6 Å². The van der Waals surface area contributed by atoms with Crippen LogP contribution < -0.4 is 5.32 Å². The molecule has 2 N–H and O–H groups in total. The predicted molar refractivity (Wildman–Crippen MR) is 63.8 cm³/mol. The summed E-state index contributed by atoms with van der Waals surface area (Å²) in [7, 11) is 0. The molecule has 0 aromatic carbocycles. The first-order chi connectivity index (χ1) is 6.65. The molecule has 1 aliphatic heterocycles. The topological polar surface area (TPSA) is 32.3 Å². The Kier molecular flexibility index (Phi) is 5.28. The highest BCUT2D eigenvalue weighted by molar-refractivity contribution is 7.99. The normalized spacial score (nSPS) is 32.6. The SMILES string of the molecule is CC(CO)C(C)NC1CCCSC1C. The van der Waals surface area contributed by atoms with Crippen molar-refractivity contribution in [2.75, 3.05) is 12.4 Å². The molecule has 4 atom stereocenters. The molecule has 1 rings (SSSR count). The maximum Gasteiger partial charge on any atom is 0.0471 e. The molecule has 0 amide bonds. The molecule has 84 valence electrons. The Morgan fingerprint density at radius 1 is 1.50 bits per heavy atom. The van der Waals surface area contributed by atoms with Gasteiger partial charge in [0.15, 0.2) is 0 Å². The van der Waals surface area contributed by atoms with E-state index in [0.717, 1.165) is 5.25 Å². The molecule has 2 nitrogen and oxygen atoms in total. The molecule has 0 aromatic heterocycles. The third-order valence-corrected chi connectivity index (χ3v) is 4.60. The molecule has 4 unspecified atom stereocenters. The van der Waals surface area contributed by atoms with E-state index in [1.165, 1.54) is 18.6 Å². The standard InChI is InChI=1S/C11H23NOS/c1-8(7-13)9(2)12-11-5-4-6-14-10(11)3/h8-13H,4-7H2,1-3H3. The van der Waals surface area contributed by atoms with Gasteiger partial charge in [-0.25, -0.2) is 0 Å². The van der Waals surface area contributed by atoms with Crippen LogP contribution in [0.2, 0.25) is 0 Å². The molecule has 1 aliphatic rings. The maximum absolute atomic E-state index is 9.06. The molecule has 0 aliphatic carbocycles. The van der Waals surface area contributed by atoms with Gasteiger partial charge in [-0.1, -0.05) is 13.8 Å². The van der Waals surface area contributed by atoms with E-state index in [2.05, 4.69) is 37.8 Å². The summed E-state index contributed by atoms with van der Waals surface area (Å²) in [6.45, 7) is 6.85. The Morgan fingerprint density at radius 3 is 2.79 bits per heavy atom. The second kappa shape index (κ2) is 5.99. The number of hydrogen-bond donors (Lipinski definition) is 2. The van der Waals surface area contributed by atoms with Gasteiger partial charge in [0.1, 0.15) is 0 Å². The second-order valence-electron chi connectivity index (χ2n) is 4.44. The van der Waals surface area contributed by atoms with Crippen LogP contribution in [0.25, 0.3) is 0 Å². The fraction of sp³-hybridized carbons (Fsp3) is 1.00. The summed E-state index contributed by atoms with van der Waals surface area (Å²) in [5.41, 5.74) is 0. The Morgan fingerprint density at radius 2 is 2.21 bits per heavy atom. The average molecular weight is 217 g/mol. The fourth-order valence-corrected chi connectivity index (χ4v) is 2.95. The van der Waals surface area contributed by atoms with Crippen molar-refractivity contribution in [2.24, 2.45) is 5.92 Å². The van der Waals surface area contributed by atoms with Crippen LogP contribution in [0.5, 0.6) is 0 Å². The van der Waals surface area contributed by atoms with Crippen LogP contribution in [-0.4, -0.2) is 34.8 Å². The van der Waals surface area contributed by atoms with Gasteiger partial charge in [-0.2, -0.15) is 11.8 Å². The highest BCUT2D eigenvalue weighted by atomic mass is 32.2. The largest absolute Gasteiger partial charge is 0.396 e. The van der Waals surface area contributed by atoms with Crippen molar-refractivity contribution in [3.05, 3.63) is 0 Å². The Labute approximate surface area is 91.9 Å². The highest BCUT2D eigenvalue weighted by Crippen LogP contribution is 2.25. The van der Waals surface area contributed by atoms with Crippen LogP contribution in [0, 0.1) is 5.92 Å². The summed E-state index contributed by atoms with van der Waals surface area (Å²) in [6, 6.07) is 1.06. The molecule has 1 saturated heterocycles. The summed E-state index contributed by atoms with van der Waals surface area (Å²) in [4.78, 5) is 0. The molecule has 0 aromatic rings. The van der Waals surface area contributed by atoms with Crippen molar-refractivity contribution in [3.8, 4) is 0 Å². The highest BCUT2D eigenvalue weighted by Gasteiger charge is 2.24. The monoisotopic (exact) mass is 217 g/mol. The molecule has 0 radical (unpaired) electrons. The van der Waals surface area contributed by atoms with Crippen LogP contribution in [0.15, 0.2) is 0 Å². The number of hydrogen-bond acceptors (Lipinski definition) is 3. The van der Waals surface area contributed by atoms with E-state index < -0.39 is 0 Å². The van der Waals surface area contributed by atoms with Crippen molar-refractivity contribution in [3.63, 3.8) is 0 Å². The zero-order chi connectivity index (χ0) is 10.6. The van der Waals surface area contributed by atoms with Gasteiger partial charge in [0.2, 0.25) is 0 Å². The van der Waals surface area contributed by atoms with Crippen LogP contribution in [-0.2, 0) is 0 Å². The summed E-state index contributed by atoms with van der Waals surface area (Å²) in [6.07, 6.45) is 2.61. The first kappa shape index (κ1) is 12.3. The molecule has 0 saturated carbocycles.